The second-order valence-corrected chi connectivity index (χ2v) is 8.23. The van der Waals surface area contributed by atoms with Gasteiger partial charge in [-0.05, 0) is 49.6 Å². The van der Waals surface area contributed by atoms with Crippen LogP contribution < -0.4 is 10.6 Å². The second-order valence-electron chi connectivity index (χ2n) is 7.79. The van der Waals surface area contributed by atoms with Crippen molar-refractivity contribution in [2.24, 2.45) is 5.92 Å². The first-order valence-corrected chi connectivity index (χ1v) is 10.5. The van der Waals surface area contributed by atoms with Crippen molar-refractivity contribution in [2.75, 3.05) is 23.7 Å². The van der Waals surface area contributed by atoms with Gasteiger partial charge in [0.15, 0.2) is 0 Å². The van der Waals surface area contributed by atoms with Crippen molar-refractivity contribution in [2.45, 2.75) is 38.1 Å². The van der Waals surface area contributed by atoms with Crippen LogP contribution in [0.25, 0.3) is 0 Å². The number of halogens is 1. The Bertz CT molecular complexity index is 881. The zero-order valence-corrected chi connectivity index (χ0v) is 17.0. The summed E-state index contributed by atoms with van der Waals surface area (Å²) in [6.45, 7) is 1.52. The fraction of sp³-hybridized carbons (Fsp3) is 0.409. The molecule has 152 valence electrons. The molecule has 2 heterocycles. The van der Waals surface area contributed by atoms with Crippen molar-refractivity contribution in [3.05, 3.63) is 53.2 Å². The number of nitrogens with zero attached hydrogens (tertiary/aromatic N) is 2. The van der Waals surface area contributed by atoms with Gasteiger partial charge in [0.25, 0.3) is 5.91 Å². The second kappa shape index (κ2) is 8.82. The Kier molecular flexibility index (Phi) is 6.00. The van der Waals surface area contributed by atoms with Gasteiger partial charge in [-0.3, -0.25) is 9.59 Å². The van der Waals surface area contributed by atoms with E-state index in [1.165, 1.54) is 12.8 Å². The molecule has 7 heteroatoms. The van der Waals surface area contributed by atoms with Gasteiger partial charge in [0.1, 0.15) is 5.82 Å². The number of carbonyl (C=O) groups is 2. The summed E-state index contributed by atoms with van der Waals surface area (Å²) < 4.78 is 0. The van der Waals surface area contributed by atoms with E-state index in [1.54, 1.807) is 42.6 Å². The van der Waals surface area contributed by atoms with Gasteiger partial charge in [-0.25, -0.2) is 4.98 Å². The zero-order valence-electron chi connectivity index (χ0n) is 16.2. The molecular weight excluding hydrogens is 388 g/mol. The number of pyridine rings is 1. The van der Waals surface area contributed by atoms with Crippen LogP contribution in [0.4, 0.5) is 11.5 Å². The average Bonchev–Trinajstić information content (AvgIpc) is 3.40. The van der Waals surface area contributed by atoms with Crippen LogP contribution in [0.2, 0.25) is 5.02 Å². The minimum Gasteiger partial charge on any atom is -0.365 e. The maximum Gasteiger partial charge on any atom is 0.257 e. The molecule has 2 aliphatic rings. The number of hydrogen-bond donors (Lipinski definition) is 2. The van der Waals surface area contributed by atoms with E-state index in [0.29, 0.717) is 34.5 Å². The van der Waals surface area contributed by atoms with E-state index in [1.807, 2.05) is 4.90 Å². The Morgan fingerprint density at radius 3 is 2.66 bits per heavy atom. The van der Waals surface area contributed by atoms with Crippen molar-refractivity contribution in [1.82, 2.24) is 9.88 Å². The number of benzene rings is 1. The Morgan fingerprint density at radius 1 is 1.10 bits per heavy atom. The van der Waals surface area contributed by atoms with E-state index >= 15 is 0 Å². The molecule has 2 N–H and O–H groups in total. The highest BCUT2D eigenvalue weighted by Gasteiger charge is 2.32. The molecule has 6 nitrogen and oxygen atoms in total. The molecule has 1 aliphatic carbocycles. The van der Waals surface area contributed by atoms with Crippen molar-refractivity contribution in [3.8, 4) is 0 Å². The molecule has 2 aromatic rings. The number of rotatable bonds is 5. The summed E-state index contributed by atoms with van der Waals surface area (Å²) in [5, 5.41) is 6.76. The van der Waals surface area contributed by atoms with E-state index in [0.717, 1.165) is 25.8 Å². The molecule has 1 saturated carbocycles. The molecule has 2 fully saturated rings. The molecule has 1 aromatic heterocycles. The minimum absolute atomic E-state index is 0.194. The topological polar surface area (TPSA) is 74.3 Å². The van der Waals surface area contributed by atoms with Crippen LogP contribution in [-0.4, -0.2) is 40.8 Å². The lowest BCUT2D eigenvalue weighted by molar-refractivity contribution is -0.134. The number of amides is 2. The number of aromatic nitrogens is 1. The summed E-state index contributed by atoms with van der Waals surface area (Å²) in [4.78, 5) is 31.3. The summed E-state index contributed by atoms with van der Waals surface area (Å²) in [7, 11) is 0. The fourth-order valence-corrected chi connectivity index (χ4v) is 4.29. The average molecular weight is 413 g/mol. The van der Waals surface area contributed by atoms with Gasteiger partial charge in [-0.1, -0.05) is 30.5 Å². The minimum atomic E-state index is -0.236. The summed E-state index contributed by atoms with van der Waals surface area (Å²) in [5.41, 5.74) is 1.11. The first-order chi connectivity index (χ1) is 14.1. The van der Waals surface area contributed by atoms with E-state index in [9.17, 15) is 9.59 Å². The molecule has 1 atom stereocenters. The number of anilines is 2. The Hall–Kier alpha value is -2.60. The molecule has 0 bridgehead atoms. The van der Waals surface area contributed by atoms with Gasteiger partial charge in [-0.2, -0.15) is 0 Å². The monoisotopic (exact) mass is 412 g/mol. The van der Waals surface area contributed by atoms with E-state index < -0.39 is 0 Å². The van der Waals surface area contributed by atoms with Crippen LogP contribution in [0.5, 0.6) is 0 Å². The molecular formula is C22H25ClN4O2. The molecule has 4 rings (SSSR count). The number of hydrogen-bond acceptors (Lipinski definition) is 4. The van der Waals surface area contributed by atoms with Gasteiger partial charge in [0, 0.05) is 42.0 Å². The maximum atomic E-state index is 12.6. The van der Waals surface area contributed by atoms with Crippen molar-refractivity contribution >= 4 is 34.9 Å². The Morgan fingerprint density at radius 2 is 1.93 bits per heavy atom. The van der Waals surface area contributed by atoms with Crippen LogP contribution >= 0.6 is 11.6 Å². The molecule has 29 heavy (non-hydrogen) atoms. The first kappa shape index (κ1) is 19.7. The Balaban J connectivity index is 1.30. The third kappa shape index (κ3) is 4.88. The third-order valence-corrected chi connectivity index (χ3v) is 5.90. The molecule has 1 aliphatic heterocycles. The number of nitrogens with one attached hydrogen (secondary N) is 2. The maximum absolute atomic E-state index is 12.6. The molecule has 0 radical (unpaired) electrons. The summed E-state index contributed by atoms with van der Waals surface area (Å²) in [6, 6.07) is 10.8. The van der Waals surface area contributed by atoms with Gasteiger partial charge in [0.05, 0.1) is 5.56 Å². The van der Waals surface area contributed by atoms with Crippen LogP contribution in [0.3, 0.4) is 0 Å². The van der Waals surface area contributed by atoms with Gasteiger partial charge in [-0.15, -0.1) is 0 Å². The van der Waals surface area contributed by atoms with Crippen molar-refractivity contribution in [1.29, 1.82) is 0 Å². The molecule has 1 unspecified atom stereocenters. The Labute approximate surface area is 175 Å². The standard InChI is InChI=1S/C22H25ClN4O2/c23-17-6-3-7-18(12-17)26-21(28)16-8-9-20(24-13-16)25-19-10-11-27(14-19)22(29)15-4-1-2-5-15/h3,6-9,12-13,15,19H,1-2,4-5,10-11,14H2,(H,24,25)(H,26,28). The largest absolute Gasteiger partial charge is 0.365 e. The van der Waals surface area contributed by atoms with Crippen LogP contribution in [-0.2, 0) is 4.79 Å². The first-order valence-electron chi connectivity index (χ1n) is 10.2. The quantitative estimate of drug-likeness (QED) is 0.772. The predicted molar refractivity (Wildman–Crippen MR) is 114 cm³/mol. The molecule has 1 saturated heterocycles. The lowest BCUT2D eigenvalue weighted by atomic mass is 10.1. The van der Waals surface area contributed by atoms with Crippen LogP contribution in [0.15, 0.2) is 42.6 Å². The SMILES string of the molecule is O=C(Nc1cccc(Cl)c1)c1ccc(NC2CCN(C(=O)C3CCCC3)C2)nc1. The van der Waals surface area contributed by atoms with Gasteiger partial charge >= 0.3 is 0 Å². The predicted octanol–water partition coefficient (Wildman–Crippen LogP) is 4.19. The van der Waals surface area contributed by atoms with E-state index in [4.69, 9.17) is 11.6 Å². The summed E-state index contributed by atoms with van der Waals surface area (Å²) in [5.74, 6) is 1.02. The van der Waals surface area contributed by atoms with Crippen LogP contribution in [0.1, 0.15) is 42.5 Å². The normalized spacial score (nSPS) is 19.3. The number of carbonyl (C=O) groups excluding carboxylic acids is 2. The zero-order chi connectivity index (χ0) is 20.2. The van der Waals surface area contributed by atoms with Crippen LogP contribution in [0, 0.1) is 5.92 Å². The summed E-state index contributed by atoms with van der Waals surface area (Å²) in [6.07, 6.45) is 6.89. The summed E-state index contributed by atoms with van der Waals surface area (Å²) >= 11 is 5.95. The van der Waals surface area contributed by atoms with Crippen molar-refractivity contribution in [3.63, 3.8) is 0 Å². The lowest BCUT2D eigenvalue weighted by Crippen LogP contribution is -2.35. The third-order valence-electron chi connectivity index (χ3n) is 5.66. The van der Waals surface area contributed by atoms with E-state index in [2.05, 4.69) is 15.6 Å². The fourth-order valence-electron chi connectivity index (χ4n) is 4.10. The molecule has 2 amide bonds. The van der Waals surface area contributed by atoms with E-state index in [-0.39, 0.29) is 17.9 Å². The lowest BCUT2D eigenvalue weighted by Gasteiger charge is -2.20. The number of likely N-dealkylation sites (tertiary alicyclic amines) is 1. The highest BCUT2D eigenvalue weighted by Crippen LogP contribution is 2.28. The van der Waals surface area contributed by atoms with Gasteiger partial charge in [0.2, 0.25) is 5.91 Å². The highest BCUT2D eigenvalue weighted by molar-refractivity contribution is 6.30. The van der Waals surface area contributed by atoms with Gasteiger partial charge < -0.3 is 15.5 Å². The molecule has 1 aromatic carbocycles. The highest BCUT2D eigenvalue weighted by atomic mass is 35.5. The smallest absolute Gasteiger partial charge is 0.257 e. The molecule has 0 spiro atoms. The van der Waals surface area contributed by atoms with Crippen molar-refractivity contribution < 1.29 is 9.59 Å².